The lowest BCUT2D eigenvalue weighted by molar-refractivity contribution is -0.137. The van der Waals surface area contributed by atoms with Crippen LogP contribution in [-0.2, 0) is 6.18 Å². The van der Waals surface area contributed by atoms with Crippen molar-refractivity contribution >= 4 is 5.91 Å². The average molecular weight is 244 g/mol. The fourth-order valence-electron chi connectivity index (χ4n) is 1.50. The van der Waals surface area contributed by atoms with E-state index in [9.17, 15) is 18.0 Å². The molecule has 2 rings (SSSR count). The lowest BCUT2D eigenvalue weighted by Crippen LogP contribution is -2.56. The normalized spacial score (nSPS) is 16.4. The van der Waals surface area contributed by atoms with Crippen molar-refractivity contribution < 1.29 is 18.0 Å². The summed E-state index contributed by atoms with van der Waals surface area (Å²) in [5.74, 6) is -0.470. The number of carbonyl (C=O) groups is 1. The highest BCUT2D eigenvalue weighted by molar-refractivity contribution is 5.94. The van der Waals surface area contributed by atoms with E-state index in [-0.39, 0.29) is 11.6 Å². The van der Waals surface area contributed by atoms with Gasteiger partial charge in [-0.1, -0.05) is 6.07 Å². The third-order valence-corrected chi connectivity index (χ3v) is 2.57. The van der Waals surface area contributed by atoms with Gasteiger partial charge in [0.25, 0.3) is 5.91 Å². The second-order valence-corrected chi connectivity index (χ2v) is 3.91. The smallest absolute Gasteiger partial charge is 0.347 e. The lowest BCUT2D eigenvalue weighted by atomic mass is 10.1. The van der Waals surface area contributed by atoms with E-state index < -0.39 is 17.6 Å². The van der Waals surface area contributed by atoms with Crippen LogP contribution in [0.5, 0.6) is 0 Å². The Labute approximate surface area is 96.0 Å². The van der Waals surface area contributed by atoms with Gasteiger partial charge in [-0.2, -0.15) is 13.2 Å². The molecular weight excluding hydrogens is 233 g/mol. The zero-order valence-electron chi connectivity index (χ0n) is 8.84. The van der Waals surface area contributed by atoms with Crippen LogP contribution >= 0.6 is 0 Å². The highest BCUT2D eigenvalue weighted by Crippen LogP contribution is 2.29. The minimum atomic E-state index is -4.42. The summed E-state index contributed by atoms with van der Waals surface area (Å²) in [4.78, 5) is 11.6. The molecule has 1 aromatic rings. The van der Waals surface area contributed by atoms with E-state index in [0.29, 0.717) is 13.1 Å². The summed E-state index contributed by atoms with van der Waals surface area (Å²) in [5, 5.41) is 5.60. The molecule has 0 unspecified atom stereocenters. The Hall–Kier alpha value is -1.56. The van der Waals surface area contributed by atoms with Crippen LogP contribution in [0.4, 0.5) is 13.2 Å². The van der Waals surface area contributed by atoms with E-state index in [0.717, 1.165) is 12.1 Å². The molecule has 1 aliphatic rings. The van der Waals surface area contributed by atoms with Crippen molar-refractivity contribution in [3.05, 3.63) is 35.4 Å². The monoisotopic (exact) mass is 244 g/mol. The predicted molar refractivity (Wildman–Crippen MR) is 55.6 cm³/mol. The van der Waals surface area contributed by atoms with Crippen LogP contribution in [0.1, 0.15) is 15.9 Å². The van der Waals surface area contributed by atoms with Gasteiger partial charge in [-0.15, -0.1) is 0 Å². The summed E-state index contributed by atoms with van der Waals surface area (Å²) in [6.45, 7) is 1.31. The molecule has 0 spiro atoms. The summed E-state index contributed by atoms with van der Waals surface area (Å²) in [5.41, 5.74) is -0.774. The highest BCUT2D eigenvalue weighted by atomic mass is 19.4. The van der Waals surface area contributed by atoms with Crippen LogP contribution < -0.4 is 10.6 Å². The van der Waals surface area contributed by atoms with Crippen LogP contribution in [0.15, 0.2) is 24.3 Å². The number of halogens is 3. The average Bonchev–Trinajstić information content (AvgIpc) is 2.22. The molecule has 6 heteroatoms. The molecule has 1 aromatic carbocycles. The number of benzene rings is 1. The van der Waals surface area contributed by atoms with Gasteiger partial charge in [-0.05, 0) is 18.2 Å². The summed E-state index contributed by atoms with van der Waals surface area (Å²) in [6, 6.07) is 4.42. The van der Waals surface area contributed by atoms with Crippen molar-refractivity contribution in [2.24, 2.45) is 0 Å². The summed E-state index contributed by atoms with van der Waals surface area (Å²) < 4.78 is 37.3. The standard InChI is InChI=1S/C11H11F3N2O/c12-11(13,14)8-3-1-2-7(4-8)10(17)16-9-5-15-6-9/h1-4,9,15H,5-6H2,(H,16,17). The molecule has 0 radical (unpaired) electrons. The first-order chi connectivity index (χ1) is 7.97. The molecule has 92 valence electrons. The predicted octanol–water partition coefficient (Wildman–Crippen LogP) is 1.41. The van der Waals surface area contributed by atoms with Crippen LogP contribution in [-0.4, -0.2) is 25.0 Å². The Morgan fingerprint density at radius 2 is 2.06 bits per heavy atom. The third kappa shape index (κ3) is 2.76. The topological polar surface area (TPSA) is 41.1 Å². The van der Waals surface area contributed by atoms with Crippen molar-refractivity contribution in [3.63, 3.8) is 0 Å². The Kier molecular flexibility index (Phi) is 3.06. The molecule has 17 heavy (non-hydrogen) atoms. The van der Waals surface area contributed by atoms with Gasteiger partial charge in [0.1, 0.15) is 0 Å². The number of hydrogen-bond donors (Lipinski definition) is 2. The first-order valence-corrected chi connectivity index (χ1v) is 5.15. The zero-order valence-corrected chi connectivity index (χ0v) is 8.84. The maximum Gasteiger partial charge on any atom is 0.416 e. The number of nitrogens with one attached hydrogen (secondary N) is 2. The van der Waals surface area contributed by atoms with E-state index >= 15 is 0 Å². The first-order valence-electron chi connectivity index (χ1n) is 5.15. The molecule has 3 nitrogen and oxygen atoms in total. The molecule has 0 saturated carbocycles. The Morgan fingerprint density at radius 1 is 1.35 bits per heavy atom. The Balaban J connectivity index is 2.12. The SMILES string of the molecule is O=C(NC1CNC1)c1cccc(C(F)(F)F)c1. The van der Waals surface area contributed by atoms with E-state index in [1.165, 1.54) is 12.1 Å². The van der Waals surface area contributed by atoms with Crippen molar-refractivity contribution in [1.29, 1.82) is 0 Å². The van der Waals surface area contributed by atoms with Gasteiger partial charge in [-0.25, -0.2) is 0 Å². The van der Waals surface area contributed by atoms with Gasteiger partial charge in [0.15, 0.2) is 0 Å². The number of rotatable bonds is 2. The van der Waals surface area contributed by atoms with E-state index in [2.05, 4.69) is 10.6 Å². The molecule has 0 aliphatic carbocycles. The third-order valence-electron chi connectivity index (χ3n) is 2.57. The molecule has 1 amide bonds. The summed E-state index contributed by atoms with van der Waals surface area (Å²) in [6.07, 6.45) is -4.42. The van der Waals surface area contributed by atoms with Gasteiger partial charge < -0.3 is 10.6 Å². The molecule has 0 atom stereocenters. The molecule has 1 heterocycles. The molecule has 1 fully saturated rings. The lowest BCUT2D eigenvalue weighted by Gasteiger charge is -2.28. The van der Waals surface area contributed by atoms with Crippen LogP contribution in [0.3, 0.4) is 0 Å². The molecule has 0 aromatic heterocycles. The summed E-state index contributed by atoms with van der Waals surface area (Å²) >= 11 is 0. The Morgan fingerprint density at radius 3 is 2.59 bits per heavy atom. The van der Waals surface area contributed by atoms with Crippen molar-refractivity contribution in [2.75, 3.05) is 13.1 Å². The van der Waals surface area contributed by atoms with Gasteiger partial charge in [0.2, 0.25) is 0 Å². The molecule has 0 bridgehead atoms. The molecule has 1 aliphatic heterocycles. The maximum absolute atomic E-state index is 12.4. The van der Waals surface area contributed by atoms with Crippen LogP contribution in [0.2, 0.25) is 0 Å². The number of hydrogen-bond acceptors (Lipinski definition) is 2. The largest absolute Gasteiger partial charge is 0.416 e. The fraction of sp³-hybridized carbons (Fsp3) is 0.364. The van der Waals surface area contributed by atoms with Crippen molar-refractivity contribution in [1.82, 2.24) is 10.6 Å². The van der Waals surface area contributed by atoms with Gasteiger partial charge in [0, 0.05) is 18.7 Å². The molecule has 1 saturated heterocycles. The second-order valence-electron chi connectivity index (χ2n) is 3.91. The van der Waals surface area contributed by atoms with E-state index in [1.807, 2.05) is 0 Å². The first kappa shape index (κ1) is 11.9. The minimum absolute atomic E-state index is 0.0112. The van der Waals surface area contributed by atoms with Crippen LogP contribution in [0.25, 0.3) is 0 Å². The second kappa shape index (κ2) is 4.37. The van der Waals surface area contributed by atoms with Gasteiger partial charge in [-0.3, -0.25) is 4.79 Å². The molecular formula is C11H11F3N2O. The number of amides is 1. The number of alkyl halides is 3. The summed E-state index contributed by atoms with van der Waals surface area (Å²) in [7, 11) is 0. The van der Waals surface area contributed by atoms with E-state index in [1.54, 1.807) is 0 Å². The quantitative estimate of drug-likeness (QED) is 0.825. The fourth-order valence-corrected chi connectivity index (χ4v) is 1.50. The Bertz CT molecular complexity index is 427. The minimum Gasteiger partial charge on any atom is -0.347 e. The van der Waals surface area contributed by atoms with Crippen LogP contribution in [0, 0.1) is 0 Å². The van der Waals surface area contributed by atoms with Crippen molar-refractivity contribution in [3.8, 4) is 0 Å². The zero-order chi connectivity index (χ0) is 12.5. The maximum atomic E-state index is 12.4. The molecule has 2 N–H and O–H groups in total. The van der Waals surface area contributed by atoms with Crippen molar-refractivity contribution in [2.45, 2.75) is 12.2 Å². The number of carbonyl (C=O) groups excluding carboxylic acids is 1. The highest BCUT2D eigenvalue weighted by Gasteiger charge is 2.31. The van der Waals surface area contributed by atoms with Gasteiger partial charge >= 0.3 is 6.18 Å². The van der Waals surface area contributed by atoms with E-state index in [4.69, 9.17) is 0 Å². The van der Waals surface area contributed by atoms with Gasteiger partial charge in [0.05, 0.1) is 11.6 Å².